The third kappa shape index (κ3) is 3.56. The predicted molar refractivity (Wildman–Crippen MR) is 113 cm³/mol. The van der Waals surface area contributed by atoms with Gasteiger partial charge in [0.15, 0.2) is 0 Å². The van der Waals surface area contributed by atoms with Crippen molar-refractivity contribution in [3.05, 3.63) is 80.9 Å². The molecule has 0 bridgehead atoms. The topological polar surface area (TPSA) is 72.5 Å². The molecule has 0 aliphatic carbocycles. The Hall–Kier alpha value is -3.34. The van der Waals surface area contributed by atoms with Crippen molar-refractivity contribution in [2.75, 3.05) is 6.54 Å². The maximum Gasteiger partial charge on any atom is 0.340 e. The van der Waals surface area contributed by atoms with Crippen LogP contribution in [0.1, 0.15) is 27.8 Å². The number of benzene rings is 2. The summed E-state index contributed by atoms with van der Waals surface area (Å²) in [5.74, 6) is -0.199. The van der Waals surface area contributed by atoms with Crippen LogP contribution in [0, 0.1) is 20.8 Å². The molecule has 2 heterocycles. The molecule has 1 N–H and O–H groups in total. The van der Waals surface area contributed by atoms with Gasteiger partial charge in [-0.2, -0.15) is 0 Å². The number of aryl methyl sites for hydroxylation is 3. The van der Waals surface area contributed by atoms with Gasteiger partial charge in [0.05, 0.1) is 23.6 Å². The first kappa shape index (κ1) is 19.0. The maximum atomic E-state index is 12.6. The lowest BCUT2D eigenvalue weighted by Crippen LogP contribution is -2.29. The summed E-state index contributed by atoms with van der Waals surface area (Å²) in [5, 5.41) is 4.67. The number of hydrogen-bond donors (Lipinski definition) is 1. The predicted octanol–water partition coefficient (Wildman–Crippen LogP) is 4.37. The number of nitrogens with one attached hydrogen (secondary N) is 1. The molecule has 5 heteroatoms. The number of rotatable bonds is 5. The van der Waals surface area contributed by atoms with Gasteiger partial charge in [0.2, 0.25) is 5.91 Å². The summed E-state index contributed by atoms with van der Waals surface area (Å²) in [4.78, 5) is 25.0. The van der Waals surface area contributed by atoms with E-state index in [4.69, 9.17) is 8.83 Å². The number of hydrogen-bond acceptors (Lipinski definition) is 4. The van der Waals surface area contributed by atoms with E-state index < -0.39 is 5.63 Å². The van der Waals surface area contributed by atoms with Crippen LogP contribution < -0.4 is 10.9 Å². The monoisotopic (exact) mass is 389 g/mol. The molecule has 0 unspecified atom stereocenters. The van der Waals surface area contributed by atoms with E-state index in [-0.39, 0.29) is 12.3 Å². The van der Waals surface area contributed by atoms with Gasteiger partial charge >= 0.3 is 5.63 Å². The lowest BCUT2D eigenvalue weighted by Gasteiger charge is -2.10. The highest BCUT2D eigenvalue weighted by Crippen LogP contribution is 2.34. The van der Waals surface area contributed by atoms with Crippen molar-refractivity contribution in [2.45, 2.75) is 33.6 Å². The Bertz CT molecular complexity index is 1270. The fourth-order valence-electron chi connectivity index (χ4n) is 3.89. The Labute approximate surface area is 168 Å². The van der Waals surface area contributed by atoms with Crippen LogP contribution in [0.25, 0.3) is 21.9 Å². The molecule has 2 aromatic carbocycles. The van der Waals surface area contributed by atoms with Crippen LogP contribution >= 0.6 is 0 Å². The summed E-state index contributed by atoms with van der Waals surface area (Å²) in [6.45, 7) is 6.31. The van der Waals surface area contributed by atoms with Gasteiger partial charge in [-0.1, -0.05) is 30.3 Å². The zero-order valence-corrected chi connectivity index (χ0v) is 16.8. The largest absolute Gasteiger partial charge is 0.463 e. The van der Waals surface area contributed by atoms with Crippen LogP contribution in [0.2, 0.25) is 0 Å². The van der Waals surface area contributed by atoms with E-state index in [2.05, 4.69) is 5.32 Å². The molecular weight excluding hydrogens is 366 g/mol. The van der Waals surface area contributed by atoms with Gasteiger partial charge in [-0.3, -0.25) is 4.79 Å². The molecule has 2 aromatic heterocycles. The van der Waals surface area contributed by atoms with E-state index >= 15 is 0 Å². The van der Waals surface area contributed by atoms with E-state index in [1.807, 2.05) is 57.2 Å². The van der Waals surface area contributed by atoms with Crippen molar-refractivity contribution >= 4 is 27.8 Å². The zero-order valence-electron chi connectivity index (χ0n) is 16.8. The van der Waals surface area contributed by atoms with Gasteiger partial charge in [0.25, 0.3) is 0 Å². The van der Waals surface area contributed by atoms with Crippen LogP contribution in [0.15, 0.2) is 56.3 Å². The van der Waals surface area contributed by atoms with E-state index in [9.17, 15) is 9.59 Å². The van der Waals surface area contributed by atoms with E-state index in [0.717, 1.165) is 39.4 Å². The second-order valence-electron chi connectivity index (χ2n) is 7.44. The second-order valence-corrected chi connectivity index (χ2v) is 7.44. The number of carbonyl (C=O) groups is 1. The zero-order chi connectivity index (χ0) is 20.5. The number of amides is 1. The van der Waals surface area contributed by atoms with Gasteiger partial charge in [0.1, 0.15) is 11.2 Å². The standard InChI is InChI=1S/C24H23NO4/c1-14-11-19-22(23-21(14)15(2)13-28-23)16(3)18(24(27)29-19)12-20(26)25-10-9-17-7-5-4-6-8-17/h4-8,11,13H,9-10,12H2,1-3H3,(H,25,26). The molecule has 1 amide bonds. The summed E-state index contributed by atoms with van der Waals surface area (Å²) in [6, 6.07) is 11.8. The van der Waals surface area contributed by atoms with Crippen LogP contribution in [0.5, 0.6) is 0 Å². The highest BCUT2D eigenvalue weighted by molar-refractivity contribution is 6.07. The summed E-state index contributed by atoms with van der Waals surface area (Å²) in [6.07, 6.45) is 2.43. The maximum absolute atomic E-state index is 12.6. The van der Waals surface area contributed by atoms with Gasteiger partial charge in [0, 0.05) is 11.9 Å². The highest BCUT2D eigenvalue weighted by Gasteiger charge is 2.19. The summed E-state index contributed by atoms with van der Waals surface area (Å²) < 4.78 is 11.3. The molecule has 0 radical (unpaired) electrons. The molecule has 0 atom stereocenters. The molecule has 0 aliphatic heterocycles. The van der Waals surface area contributed by atoms with Crippen molar-refractivity contribution < 1.29 is 13.6 Å². The lowest BCUT2D eigenvalue weighted by molar-refractivity contribution is -0.120. The first-order valence-electron chi connectivity index (χ1n) is 9.70. The molecule has 148 valence electrons. The summed E-state index contributed by atoms with van der Waals surface area (Å²) >= 11 is 0. The Kier molecular flexibility index (Phi) is 4.97. The Morgan fingerprint density at radius 1 is 1.03 bits per heavy atom. The van der Waals surface area contributed by atoms with Gasteiger partial charge < -0.3 is 14.2 Å². The fraction of sp³-hybridized carbons (Fsp3) is 0.250. The average Bonchev–Trinajstić information content (AvgIpc) is 3.08. The van der Waals surface area contributed by atoms with Gasteiger partial charge in [-0.05, 0) is 55.5 Å². The number of fused-ring (bicyclic) bond motifs is 3. The molecule has 5 nitrogen and oxygen atoms in total. The van der Waals surface area contributed by atoms with E-state index in [0.29, 0.717) is 23.3 Å². The first-order chi connectivity index (χ1) is 14.0. The molecule has 0 saturated carbocycles. The summed E-state index contributed by atoms with van der Waals surface area (Å²) in [7, 11) is 0. The Balaban J connectivity index is 1.62. The molecule has 0 aliphatic rings. The minimum absolute atomic E-state index is 0.0199. The van der Waals surface area contributed by atoms with Gasteiger partial charge in [-0.15, -0.1) is 0 Å². The van der Waals surface area contributed by atoms with E-state index in [1.165, 1.54) is 0 Å². The number of carbonyl (C=O) groups excluding carboxylic acids is 1. The lowest BCUT2D eigenvalue weighted by atomic mass is 9.99. The third-order valence-electron chi connectivity index (χ3n) is 5.38. The van der Waals surface area contributed by atoms with Crippen molar-refractivity contribution in [2.24, 2.45) is 0 Å². The molecule has 4 aromatic rings. The molecule has 29 heavy (non-hydrogen) atoms. The first-order valence-corrected chi connectivity index (χ1v) is 9.70. The van der Waals surface area contributed by atoms with Crippen molar-refractivity contribution in [3.8, 4) is 0 Å². The van der Waals surface area contributed by atoms with Crippen LogP contribution in [-0.2, 0) is 17.6 Å². The second kappa shape index (κ2) is 7.59. The van der Waals surface area contributed by atoms with Crippen LogP contribution in [-0.4, -0.2) is 12.5 Å². The molecule has 0 fully saturated rings. The minimum atomic E-state index is -0.477. The van der Waals surface area contributed by atoms with Gasteiger partial charge in [-0.25, -0.2) is 4.79 Å². The smallest absolute Gasteiger partial charge is 0.340 e. The molecule has 0 spiro atoms. The highest BCUT2D eigenvalue weighted by atomic mass is 16.4. The van der Waals surface area contributed by atoms with Crippen LogP contribution in [0.3, 0.4) is 0 Å². The molecular formula is C24H23NO4. The van der Waals surface area contributed by atoms with Crippen molar-refractivity contribution in [1.29, 1.82) is 0 Å². The van der Waals surface area contributed by atoms with E-state index in [1.54, 1.807) is 6.26 Å². The quantitative estimate of drug-likeness (QED) is 0.515. The fourth-order valence-corrected chi connectivity index (χ4v) is 3.89. The molecule has 4 rings (SSSR count). The SMILES string of the molecule is Cc1coc2c1c(C)cc1oc(=O)c(CC(=O)NCCc3ccccc3)c(C)c12. The minimum Gasteiger partial charge on any atom is -0.463 e. The van der Waals surface area contributed by atoms with Crippen LogP contribution in [0.4, 0.5) is 0 Å². The molecule has 0 saturated heterocycles. The Morgan fingerprint density at radius 3 is 2.55 bits per heavy atom. The normalized spacial score (nSPS) is 11.3. The average molecular weight is 389 g/mol. The van der Waals surface area contributed by atoms with Crippen molar-refractivity contribution in [3.63, 3.8) is 0 Å². The third-order valence-corrected chi connectivity index (χ3v) is 5.38. The summed E-state index contributed by atoms with van der Waals surface area (Å²) in [5.41, 5.74) is 4.99. The Morgan fingerprint density at radius 2 is 1.79 bits per heavy atom. The van der Waals surface area contributed by atoms with Crippen molar-refractivity contribution in [1.82, 2.24) is 5.32 Å². The number of furan rings is 1.